The van der Waals surface area contributed by atoms with E-state index in [2.05, 4.69) is 33.9 Å². The predicted molar refractivity (Wildman–Crippen MR) is 111 cm³/mol. The summed E-state index contributed by atoms with van der Waals surface area (Å²) in [6, 6.07) is 0. The van der Waals surface area contributed by atoms with Gasteiger partial charge in [0.05, 0.1) is 18.8 Å². The molecule has 0 aliphatic carbocycles. The van der Waals surface area contributed by atoms with E-state index in [-0.39, 0.29) is 11.5 Å². The van der Waals surface area contributed by atoms with Crippen molar-refractivity contribution in [3.63, 3.8) is 0 Å². The molecular weight excluding hydrogens is 360 g/mol. The molecule has 0 bridgehead atoms. The molecule has 0 unspecified atom stereocenters. The van der Waals surface area contributed by atoms with E-state index >= 15 is 0 Å². The molecule has 0 aromatic rings. The molecular formula is C22H36O6. The maximum absolute atomic E-state index is 11.3. The van der Waals surface area contributed by atoms with Gasteiger partial charge in [0, 0.05) is 11.6 Å². The Morgan fingerprint density at radius 1 is 0.929 bits per heavy atom. The highest BCUT2D eigenvalue weighted by Crippen LogP contribution is 2.08. The van der Waals surface area contributed by atoms with Gasteiger partial charge in [-0.25, -0.2) is 14.4 Å². The van der Waals surface area contributed by atoms with Crippen molar-refractivity contribution in [3.05, 3.63) is 36.5 Å². The second kappa shape index (κ2) is 18.0. The summed E-state index contributed by atoms with van der Waals surface area (Å²) in [5, 5.41) is 8.38. The zero-order valence-electron chi connectivity index (χ0n) is 17.8. The first kappa shape index (κ1) is 27.8. The molecule has 0 spiro atoms. The van der Waals surface area contributed by atoms with Crippen molar-refractivity contribution in [2.45, 2.75) is 66.2 Å². The number of unbranched alkanes of at least 4 members (excludes halogenated alkanes) is 3. The number of rotatable bonds is 13. The SMILES string of the molecule is C=C(C)C(=O)OCCCC.C=C(C=CC(=O)O)C(=O)OCCCCCC(C)C. The molecule has 0 saturated carbocycles. The third-order valence-electron chi connectivity index (χ3n) is 3.43. The number of carboxylic acid groups (broad SMARTS) is 1. The van der Waals surface area contributed by atoms with Crippen LogP contribution in [0.1, 0.15) is 66.2 Å². The van der Waals surface area contributed by atoms with Crippen molar-refractivity contribution in [3.8, 4) is 0 Å². The second-order valence-electron chi connectivity index (χ2n) is 6.85. The first-order chi connectivity index (χ1) is 13.1. The lowest BCUT2D eigenvalue weighted by Crippen LogP contribution is -2.07. The van der Waals surface area contributed by atoms with Crippen LogP contribution < -0.4 is 0 Å². The fourth-order valence-electron chi connectivity index (χ4n) is 1.76. The van der Waals surface area contributed by atoms with Gasteiger partial charge >= 0.3 is 17.9 Å². The monoisotopic (exact) mass is 396 g/mol. The van der Waals surface area contributed by atoms with Crippen LogP contribution in [-0.2, 0) is 23.9 Å². The molecule has 0 atom stereocenters. The highest BCUT2D eigenvalue weighted by atomic mass is 16.5. The van der Waals surface area contributed by atoms with Gasteiger partial charge in [0.1, 0.15) is 0 Å². The fourth-order valence-corrected chi connectivity index (χ4v) is 1.76. The summed E-state index contributed by atoms with van der Waals surface area (Å²) >= 11 is 0. The molecule has 1 N–H and O–H groups in total. The van der Waals surface area contributed by atoms with Crippen molar-refractivity contribution in [2.75, 3.05) is 13.2 Å². The van der Waals surface area contributed by atoms with Gasteiger partial charge in [-0.3, -0.25) is 0 Å². The molecule has 0 heterocycles. The normalized spacial score (nSPS) is 10.2. The molecule has 0 fully saturated rings. The van der Waals surface area contributed by atoms with Crippen LogP contribution in [0, 0.1) is 5.92 Å². The molecule has 0 radical (unpaired) electrons. The zero-order valence-corrected chi connectivity index (χ0v) is 17.8. The fraction of sp³-hybridized carbons (Fsp3) is 0.591. The van der Waals surface area contributed by atoms with Crippen molar-refractivity contribution >= 4 is 17.9 Å². The molecule has 0 amide bonds. The van der Waals surface area contributed by atoms with Crippen LogP contribution in [0.15, 0.2) is 36.5 Å². The molecule has 6 nitrogen and oxygen atoms in total. The average Bonchev–Trinajstić information content (AvgIpc) is 2.62. The molecule has 160 valence electrons. The van der Waals surface area contributed by atoms with Gasteiger partial charge < -0.3 is 14.6 Å². The number of hydrogen-bond acceptors (Lipinski definition) is 5. The molecule has 6 heteroatoms. The number of hydrogen-bond donors (Lipinski definition) is 1. The lowest BCUT2D eigenvalue weighted by molar-refractivity contribution is -0.139. The second-order valence-corrected chi connectivity index (χ2v) is 6.85. The minimum absolute atomic E-state index is 0.0552. The lowest BCUT2D eigenvalue weighted by atomic mass is 10.1. The minimum Gasteiger partial charge on any atom is -0.478 e. The van der Waals surface area contributed by atoms with E-state index in [9.17, 15) is 14.4 Å². The van der Waals surface area contributed by atoms with Crippen LogP contribution in [0.4, 0.5) is 0 Å². The topological polar surface area (TPSA) is 89.9 Å². The summed E-state index contributed by atoms with van der Waals surface area (Å²) in [5.74, 6) is -1.25. The Hall–Kier alpha value is -2.37. The number of carbonyl (C=O) groups is 3. The van der Waals surface area contributed by atoms with E-state index in [4.69, 9.17) is 14.6 Å². The summed E-state index contributed by atoms with van der Waals surface area (Å²) < 4.78 is 9.77. The molecule has 28 heavy (non-hydrogen) atoms. The van der Waals surface area contributed by atoms with Crippen molar-refractivity contribution in [1.82, 2.24) is 0 Å². The molecule has 0 rings (SSSR count). The van der Waals surface area contributed by atoms with Crippen molar-refractivity contribution in [1.29, 1.82) is 0 Å². The van der Waals surface area contributed by atoms with Crippen molar-refractivity contribution in [2.24, 2.45) is 5.92 Å². The van der Waals surface area contributed by atoms with Gasteiger partial charge in [-0.15, -0.1) is 0 Å². The quantitative estimate of drug-likeness (QED) is 0.207. The lowest BCUT2D eigenvalue weighted by Gasteiger charge is -2.05. The number of aliphatic carboxylic acids is 1. The summed E-state index contributed by atoms with van der Waals surface area (Å²) in [6.45, 7) is 15.8. The number of carbonyl (C=O) groups excluding carboxylic acids is 2. The van der Waals surface area contributed by atoms with Gasteiger partial charge in [-0.1, -0.05) is 59.6 Å². The summed E-state index contributed by atoms with van der Waals surface area (Å²) in [7, 11) is 0. The first-order valence-electron chi connectivity index (χ1n) is 9.71. The van der Waals surface area contributed by atoms with Crippen molar-refractivity contribution < 1.29 is 29.0 Å². The Bertz CT molecular complexity index is 531. The average molecular weight is 397 g/mol. The summed E-state index contributed by atoms with van der Waals surface area (Å²) in [4.78, 5) is 32.3. The maximum Gasteiger partial charge on any atom is 0.337 e. The van der Waals surface area contributed by atoms with E-state index in [1.54, 1.807) is 6.92 Å². The van der Waals surface area contributed by atoms with E-state index in [0.717, 1.165) is 44.3 Å². The van der Waals surface area contributed by atoms with Gasteiger partial charge in [0.25, 0.3) is 0 Å². The Morgan fingerprint density at radius 2 is 1.50 bits per heavy atom. The minimum atomic E-state index is -1.11. The van der Waals surface area contributed by atoms with E-state index < -0.39 is 11.9 Å². The van der Waals surface area contributed by atoms with Crippen LogP contribution in [-0.4, -0.2) is 36.2 Å². The Kier molecular flexibility index (Phi) is 17.9. The Balaban J connectivity index is 0. The number of carboxylic acids is 1. The molecule has 0 aliphatic rings. The van der Waals surface area contributed by atoms with Crippen LogP contribution in [0.2, 0.25) is 0 Å². The van der Waals surface area contributed by atoms with Gasteiger partial charge in [-0.05, 0) is 31.8 Å². The van der Waals surface area contributed by atoms with Gasteiger partial charge in [0.15, 0.2) is 0 Å². The van der Waals surface area contributed by atoms with Crippen LogP contribution >= 0.6 is 0 Å². The first-order valence-corrected chi connectivity index (χ1v) is 9.71. The Morgan fingerprint density at radius 3 is 2.00 bits per heavy atom. The Labute approximate surface area is 169 Å². The standard InChI is InChI=1S/C14H22O4.C8H14O2/c1-11(2)7-5-4-6-10-18-14(17)12(3)8-9-13(15)16;1-4-5-6-10-8(9)7(2)3/h8-9,11H,3-7,10H2,1-2H3,(H,15,16);2,4-6H2,1,3H3. The summed E-state index contributed by atoms with van der Waals surface area (Å²) in [6.07, 6.45) is 8.16. The summed E-state index contributed by atoms with van der Waals surface area (Å²) in [5.41, 5.74) is 0.524. The highest BCUT2D eigenvalue weighted by Gasteiger charge is 2.05. The zero-order chi connectivity index (χ0) is 21.9. The number of esters is 2. The van der Waals surface area contributed by atoms with E-state index in [0.29, 0.717) is 24.7 Å². The smallest absolute Gasteiger partial charge is 0.337 e. The predicted octanol–water partition coefficient (Wildman–Crippen LogP) is 4.85. The van der Waals surface area contributed by atoms with Crippen LogP contribution in [0.5, 0.6) is 0 Å². The number of ether oxygens (including phenoxy) is 2. The molecule has 0 aromatic carbocycles. The largest absolute Gasteiger partial charge is 0.478 e. The molecule has 0 aliphatic heterocycles. The van der Waals surface area contributed by atoms with Crippen LogP contribution in [0.3, 0.4) is 0 Å². The van der Waals surface area contributed by atoms with E-state index in [1.165, 1.54) is 6.42 Å². The van der Waals surface area contributed by atoms with Gasteiger partial charge in [0.2, 0.25) is 0 Å². The third-order valence-corrected chi connectivity index (χ3v) is 3.43. The molecule has 0 saturated heterocycles. The third kappa shape index (κ3) is 19.9. The maximum atomic E-state index is 11.3. The van der Waals surface area contributed by atoms with E-state index in [1.807, 2.05) is 0 Å². The highest BCUT2D eigenvalue weighted by molar-refractivity contribution is 5.93. The van der Waals surface area contributed by atoms with Crippen LogP contribution in [0.25, 0.3) is 0 Å². The van der Waals surface area contributed by atoms with Gasteiger partial charge in [-0.2, -0.15) is 0 Å². The molecule has 0 aromatic heterocycles.